The number of hydrogen-bond donors (Lipinski definition) is 3. The van der Waals surface area contributed by atoms with Crippen LogP contribution in [0.25, 0.3) is 0 Å². The van der Waals surface area contributed by atoms with Gasteiger partial charge in [0.05, 0.1) is 10.5 Å². The summed E-state index contributed by atoms with van der Waals surface area (Å²) in [5.41, 5.74) is 5.02. The highest BCUT2D eigenvalue weighted by Gasteiger charge is 2.25. The van der Waals surface area contributed by atoms with Crippen molar-refractivity contribution in [3.8, 4) is 0 Å². The zero-order chi connectivity index (χ0) is 15.6. The van der Waals surface area contributed by atoms with Crippen LogP contribution in [0, 0.1) is 5.92 Å². The van der Waals surface area contributed by atoms with Gasteiger partial charge < -0.3 is 10.8 Å². The fourth-order valence-electron chi connectivity index (χ4n) is 1.96. The zero-order valence-electron chi connectivity index (χ0n) is 11.9. The second kappa shape index (κ2) is 6.43. The molecule has 0 heterocycles. The predicted molar refractivity (Wildman–Crippen MR) is 83.8 cm³/mol. The summed E-state index contributed by atoms with van der Waals surface area (Å²) in [5, 5.41) is 10.1. The maximum absolute atomic E-state index is 12.1. The van der Waals surface area contributed by atoms with Crippen LogP contribution in [0.15, 0.2) is 27.6 Å². The molecule has 1 aromatic rings. The van der Waals surface area contributed by atoms with Crippen LogP contribution in [-0.2, 0) is 10.0 Å². The van der Waals surface area contributed by atoms with E-state index in [0.717, 1.165) is 0 Å². The van der Waals surface area contributed by atoms with Crippen LogP contribution in [0.2, 0.25) is 0 Å². The SMILES string of the molecule is CC(C)CC(C)(O)CNS(=O)(=O)c1ccc(N)c(Br)c1. The molecular weight excluding hydrogens is 344 g/mol. The summed E-state index contributed by atoms with van der Waals surface area (Å²) in [6, 6.07) is 4.39. The topological polar surface area (TPSA) is 92.4 Å². The summed E-state index contributed by atoms with van der Waals surface area (Å²) in [6.07, 6.45) is 0.515. The second-order valence-electron chi connectivity index (χ2n) is 5.60. The third-order valence-corrected chi connectivity index (χ3v) is 4.86. The summed E-state index contributed by atoms with van der Waals surface area (Å²) in [4.78, 5) is 0.110. The van der Waals surface area contributed by atoms with Gasteiger partial charge in [0, 0.05) is 16.7 Å². The lowest BCUT2D eigenvalue weighted by molar-refractivity contribution is 0.0437. The van der Waals surface area contributed by atoms with Gasteiger partial charge in [0.2, 0.25) is 10.0 Å². The molecule has 0 fully saturated rings. The van der Waals surface area contributed by atoms with Gasteiger partial charge in [-0.2, -0.15) is 0 Å². The number of nitrogens with two attached hydrogens (primary N) is 1. The summed E-state index contributed by atoms with van der Waals surface area (Å²) in [7, 11) is -3.66. The highest BCUT2D eigenvalue weighted by atomic mass is 79.9. The molecule has 1 rings (SSSR count). The van der Waals surface area contributed by atoms with Crippen molar-refractivity contribution < 1.29 is 13.5 Å². The number of halogens is 1. The molecule has 114 valence electrons. The van der Waals surface area contributed by atoms with E-state index in [0.29, 0.717) is 16.6 Å². The molecule has 20 heavy (non-hydrogen) atoms. The minimum atomic E-state index is -3.66. The highest BCUT2D eigenvalue weighted by molar-refractivity contribution is 9.10. The molecule has 0 aliphatic heterocycles. The van der Waals surface area contributed by atoms with Crippen molar-refractivity contribution in [3.05, 3.63) is 22.7 Å². The summed E-state index contributed by atoms with van der Waals surface area (Å²) in [6.45, 7) is 5.53. The van der Waals surface area contributed by atoms with E-state index < -0.39 is 15.6 Å². The van der Waals surface area contributed by atoms with Crippen molar-refractivity contribution in [2.24, 2.45) is 5.92 Å². The third kappa shape index (κ3) is 5.05. The van der Waals surface area contributed by atoms with Crippen LogP contribution in [0.1, 0.15) is 27.2 Å². The highest BCUT2D eigenvalue weighted by Crippen LogP contribution is 2.23. The van der Waals surface area contributed by atoms with Crippen molar-refractivity contribution >= 4 is 31.6 Å². The molecule has 1 aromatic carbocycles. The molecule has 4 N–H and O–H groups in total. The Morgan fingerprint density at radius 3 is 2.55 bits per heavy atom. The normalized spacial score (nSPS) is 15.3. The first-order valence-corrected chi connectivity index (χ1v) is 8.58. The molecular formula is C13H21BrN2O3S. The second-order valence-corrected chi connectivity index (χ2v) is 8.22. The number of sulfonamides is 1. The molecule has 7 heteroatoms. The first-order chi connectivity index (χ1) is 9.03. The van der Waals surface area contributed by atoms with Crippen molar-refractivity contribution in [2.45, 2.75) is 37.7 Å². The van der Waals surface area contributed by atoms with Crippen LogP contribution < -0.4 is 10.5 Å². The van der Waals surface area contributed by atoms with E-state index in [2.05, 4.69) is 20.7 Å². The van der Waals surface area contributed by atoms with Crippen molar-refractivity contribution in [1.29, 1.82) is 0 Å². The number of hydrogen-bond acceptors (Lipinski definition) is 4. The Bertz CT molecular complexity index is 571. The van der Waals surface area contributed by atoms with Gasteiger partial charge in [-0.15, -0.1) is 0 Å². The van der Waals surface area contributed by atoms with E-state index in [9.17, 15) is 13.5 Å². The first-order valence-electron chi connectivity index (χ1n) is 6.30. The van der Waals surface area contributed by atoms with Gasteiger partial charge in [-0.05, 0) is 53.4 Å². The van der Waals surface area contributed by atoms with Crippen molar-refractivity contribution in [1.82, 2.24) is 4.72 Å². The molecule has 0 saturated carbocycles. The van der Waals surface area contributed by atoms with Gasteiger partial charge in [-0.1, -0.05) is 13.8 Å². The van der Waals surface area contributed by atoms with Crippen LogP contribution >= 0.6 is 15.9 Å². The Balaban J connectivity index is 2.82. The molecule has 5 nitrogen and oxygen atoms in total. The number of nitrogen functional groups attached to an aromatic ring is 1. The smallest absolute Gasteiger partial charge is 0.240 e. The van der Waals surface area contributed by atoms with E-state index in [1.165, 1.54) is 18.2 Å². The number of aliphatic hydroxyl groups is 1. The molecule has 0 amide bonds. The summed E-state index contributed by atoms with van der Waals surface area (Å²) >= 11 is 3.20. The minimum absolute atomic E-state index is 0.0322. The Morgan fingerprint density at radius 1 is 1.45 bits per heavy atom. The van der Waals surface area contributed by atoms with Gasteiger partial charge in [-0.3, -0.25) is 0 Å². The largest absolute Gasteiger partial charge is 0.398 e. The van der Waals surface area contributed by atoms with E-state index in [1.54, 1.807) is 6.92 Å². The predicted octanol–water partition coefficient (Wildman–Crippen LogP) is 2.11. The fourth-order valence-corrected chi connectivity index (χ4v) is 3.68. The standard InChI is InChI=1S/C13H21BrN2O3S/c1-9(2)7-13(3,17)8-16-20(18,19)10-4-5-12(15)11(14)6-10/h4-6,9,16-17H,7-8,15H2,1-3H3. The van der Waals surface area contributed by atoms with Gasteiger partial charge in [0.25, 0.3) is 0 Å². The average molecular weight is 365 g/mol. The number of rotatable bonds is 6. The molecule has 0 aromatic heterocycles. The average Bonchev–Trinajstić information content (AvgIpc) is 2.29. The number of nitrogens with one attached hydrogen (secondary N) is 1. The van der Waals surface area contributed by atoms with Gasteiger partial charge in [0.15, 0.2) is 0 Å². The van der Waals surface area contributed by atoms with Crippen molar-refractivity contribution in [3.63, 3.8) is 0 Å². The molecule has 0 radical (unpaired) electrons. The Morgan fingerprint density at radius 2 is 2.05 bits per heavy atom. The maximum Gasteiger partial charge on any atom is 0.240 e. The zero-order valence-corrected chi connectivity index (χ0v) is 14.3. The van der Waals surface area contributed by atoms with Gasteiger partial charge >= 0.3 is 0 Å². The molecule has 0 saturated heterocycles. The molecule has 0 bridgehead atoms. The van der Waals surface area contributed by atoms with E-state index in [-0.39, 0.29) is 17.4 Å². The fraction of sp³-hybridized carbons (Fsp3) is 0.538. The van der Waals surface area contributed by atoms with Gasteiger partial charge in [-0.25, -0.2) is 13.1 Å². The first kappa shape index (κ1) is 17.4. The van der Waals surface area contributed by atoms with E-state index in [1.807, 2.05) is 13.8 Å². The molecule has 0 aliphatic carbocycles. The summed E-state index contributed by atoms with van der Waals surface area (Å²) in [5.74, 6) is 0.278. The lowest BCUT2D eigenvalue weighted by Crippen LogP contribution is -2.41. The van der Waals surface area contributed by atoms with E-state index >= 15 is 0 Å². The van der Waals surface area contributed by atoms with Gasteiger partial charge in [0.1, 0.15) is 0 Å². The quantitative estimate of drug-likeness (QED) is 0.674. The molecule has 1 unspecified atom stereocenters. The van der Waals surface area contributed by atoms with Crippen LogP contribution in [0.5, 0.6) is 0 Å². The molecule has 0 spiro atoms. The number of benzene rings is 1. The molecule has 1 atom stereocenters. The Labute approximate surface area is 128 Å². The van der Waals surface area contributed by atoms with Crippen molar-refractivity contribution in [2.75, 3.05) is 12.3 Å². The Hall–Kier alpha value is -0.630. The number of anilines is 1. The third-order valence-electron chi connectivity index (χ3n) is 2.77. The summed E-state index contributed by atoms with van der Waals surface area (Å²) < 4.78 is 27.2. The van der Waals surface area contributed by atoms with E-state index in [4.69, 9.17) is 5.73 Å². The van der Waals surface area contributed by atoms with Crippen LogP contribution in [0.3, 0.4) is 0 Å². The minimum Gasteiger partial charge on any atom is -0.398 e. The Kier molecular flexibility index (Phi) is 5.60. The molecule has 0 aliphatic rings. The van der Waals surface area contributed by atoms with Crippen LogP contribution in [0.4, 0.5) is 5.69 Å². The lowest BCUT2D eigenvalue weighted by atomic mass is 9.95. The van der Waals surface area contributed by atoms with Crippen LogP contribution in [-0.4, -0.2) is 25.7 Å². The monoisotopic (exact) mass is 364 g/mol. The lowest BCUT2D eigenvalue weighted by Gasteiger charge is -2.25. The maximum atomic E-state index is 12.1.